The number of carbonyl (C=O) groups excluding carboxylic acids is 1. The van der Waals surface area contributed by atoms with E-state index < -0.39 is 0 Å². The minimum absolute atomic E-state index is 0.0928. The topological polar surface area (TPSA) is 40.5 Å². The molecular weight excluding hydrogens is 238 g/mol. The highest BCUT2D eigenvalue weighted by atomic mass is 16.3. The summed E-state index contributed by atoms with van der Waals surface area (Å²) in [6.07, 6.45) is 3.29. The van der Waals surface area contributed by atoms with E-state index in [1.165, 1.54) is 6.42 Å². The molecule has 1 saturated heterocycles. The average molecular weight is 261 g/mol. The van der Waals surface area contributed by atoms with E-state index in [1.54, 1.807) is 18.2 Å². The van der Waals surface area contributed by atoms with E-state index in [4.69, 9.17) is 0 Å². The molecule has 3 heteroatoms. The van der Waals surface area contributed by atoms with Crippen LogP contribution in [0.25, 0.3) is 0 Å². The van der Waals surface area contributed by atoms with Crippen LogP contribution in [0.4, 0.5) is 0 Å². The summed E-state index contributed by atoms with van der Waals surface area (Å²) >= 11 is 0. The molecule has 3 nitrogen and oxygen atoms in total. The summed E-state index contributed by atoms with van der Waals surface area (Å²) in [6.45, 7) is 8.07. The fraction of sp³-hybridized carbons (Fsp3) is 0.562. The SMILES string of the molecule is Cc1cc(O)ccc1C(=O)N1CCCC(C)(C)CC1. The maximum atomic E-state index is 12.5. The van der Waals surface area contributed by atoms with Crippen LogP contribution in [0.5, 0.6) is 5.75 Å². The number of carbonyl (C=O) groups is 1. The number of nitrogens with zero attached hydrogens (tertiary/aromatic N) is 1. The van der Waals surface area contributed by atoms with Crippen molar-refractivity contribution in [1.29, 1.82) is 0 Å². The first-order valence-electron chi connectivity index (χ1n) is 6.98. The Bertz CT molecular complexity index is 480. The molecule has 0 atom stereocenters. The van der Waals surface area contributed by atoms with Crippen LogP contribution >= 0.6 is 0 Å². The van der Waals surface area contributed by atoms with Crippen molar-refractivity contribution in [3.05, 3.63) is 29.3 Å². The summed E-state index contributed by atoms with van der Waals surface area (Å²) in [6, 6.07) is 4.96. The third kappa shape index (κ3) is 3.28. The Balaban J connectivity index is 2.15. The Hall–Kier alpha value is -1.51. The van der Waals surface area contributed by atoms with E-state index in [1.807, 2.05) is 11.8 Å². The lowest BCUT2D eigenvalue weighted by Gasteiger charge is -2.24. The summed E-state index contributed by atoms with van der Waals surface area (Å²) in [4.78, 5) is 14.5. The van der Waals surface area contributed by atoms with Crippen molar-refractivity contribution in [1.82, 2.24) is 4.90 Å². The first-order valence-corrected chi connectivity index (χ1v) is 6.98. The molecule has 2 rings (SSSR count). The Morgan fingerprint density at radius 3 is 2.68 bits per heavy atom. The molecule has 0 aliphatic carbocycles. The van der Waals surface area contributed by atoms with Crippen molar-refractivity contribution in [2.75, 3.05) is 13.1 Å². The average Bonchev–Trinajstić information content (AvgIpc) is 2.49. The highest BCUT2D eigenvalue weighted by Crippen LogP contribution is 2.30. The Kier molecular flexibility index (Phi) is 3.83. The van der Waals surface area contributed by atoms with Gasteiger partial charge in [0.2, 0.25) is 0 Å². The van der Waals surface area contributed by atoms with Crippen molar-refractivity contribution in [3.63, 3.8) is 0 Å². The van der Waals surface area contributed by atoms with Crippen LogP contribution in [-0.4, -0.2) is 29.0 Å². The Morgan fingerprint density at radius 1 is 1.26 bits per heavy atom. The molecule has 0 saturated carbocycles. The maximum absolute atomic E-state index is 12.5. The van der Waals surface area contributed by atoms with Crippen LogP contribution in [-0.2, 0) is 0 Å². The molecule has 0 aromatic heterocycles. The predicted octanol–water partition coefficient (Wildman–Crippen LogP) is 3.35. The first kappa shape index (κ1) is 13.9. The van der Waals surface area contributed by atoms with Gasteiger partial charge in [-0.2, -0.15) is 0 Å². The van der Waals surface area contributed by atoms with Crippen molar-refractivity contribution in [2.24, 2.45) is 5.41 Å². The monoisotopic (exact) mass is 261 g/mol. The van der Waals surface area contributed by atoms with Crippen LogP contribution < -0.4 is 0 Å². The maximum Gasteiger partial charge on any atom is 0.254 e. The molecule has 1 aromatic rings. The number of amides is 1. The van der Waals surface area contributed by atoms with Crippen molar-refractivity contribution in [3.8, 4) is 5.75 Å². The number of phenolic OH excluding ortho intramolecular Hbond substituents is 1. The Labute approximate surface area is 115 Å². The number of aryl methyl sites for hydroxylation is 1. The quantitative estimate of drug-likeness (QED) is 0.842. The fourth-order valence-electron chi connectivity index (χ4n) is 2.68. The highest BCUT2D eigenvalue weighted by molar-refractivity contribution is 5.95. The molecule has 0 radical (unpaired) electrons. The van der Waals surface area contributed by atoms with E-state index in [2.05, 4.69) is 13.8 Å². The number of likely N-dealkylation sites (tertiary alicyclic amines) is 1. The van der Waals surface area contributed by atoms with Crippen molar-refractivity contribution in [2.45, 2.75) is 40.0 Å². The summed E-state index contributed by atoms with van der Waals surface area (Å²) in [7, 11) is 0. The number of aromatic hydroxyl groups is 1. The molecule has 104 valence electrons. The third-order valence-electron chi connectivity index (χ3n) is 4.07. The number of benzene rings is 1. The molecule has 1 aromatic carbocycles. The minimum Gasteiger partial charge on any atom is -0.508 e. The summed E-state index contributed by atoms with van der Waals surface area (Å²) < 4.78 is 0. The molecule has 1 amide bonds. The van der Waals surface area contributed by atoms with Crippen LogP contribution in [0.2, 0.25) is 0 Å². The first-order chi connectivity index (χ1) is 8.89. The van der Waals surface area contributed by atoms with E-state index in [9.17, 15) is 9.90 Å². The largest absolute Gasteiger partial charge is 0.508 e. The zero-order valence-corrected chi connectivity index (χ0v) is 12.1. The third-order valence-corrected chi connectivity index (χ3v) is 4.07. The van der Waals surface area contributed by atoms with Crippen LogP contribution in [0.15, 0.2) is 18.2 Å². The normalized spacial score (nSPS) is 19.0. The molecule has 0 spiro atoms. The molecule has 1 aliphatic heterocycles. The van der Waals surface area contributed by atoms with Gasteiger partial charge in [0.05, 0.1) is 0 Å². The van der Waals surface area contributed by atoms with Crippen molar-refractivity contribution >= 4 is 5.91 Å². The van der Waals surface area contributed by atoms with E-state index in [0.717, 1.165) is 31.5 Å². The van der Waals surface area contributed by atoms with E-state index in [0.29, 0.717) is 11.0 Å². The van der Waals surface area contributed by atoms with E-state index >= 15 is 0 Å². The molecule has 0 bridgehead atoms. The van der Waals surface area contributed by atoms with Gasteiger partial charge >= 0.3 is 0 Å². The lowest BCUT2D eigenvalue weighted by molar-refractivity contribution is 0.0756. The molecule has 1 heterocycles. The van der Waals surface area contributed by atoms with Gasteiger partial charge in [0, 0.05) is 18.7 Å². The van der Waals surface area contributed by atoms with Gasteiger partial charge in [-0.05, 0) is 55.4 Å². The summed E-state index contributed by atoms with van der Waals surface area (Å²) in [5.74, 6) is 0.307. The van der Waals surface area contributed by atoms with Crippen LogP contribution in [0.3, 0.4) is 0 Å². The molecular formula is C16H23NO2. The predicted molar refractivity (Wildman–Crippen MR) is 76.4 cm³/mol. The van der Waals surface area contributed by atoms with Gasteiger partial charge in [-0.25, -0.2) is 0 Å². The number of hydrogen-bond acceptors (Lipinski definition) is 2. The second kappa shape index (κ2) is 5.24. The highest BCUT2D eigenvalue weighted by Gasteiger charge is 2.26. The van der Waals surface area contributed by atoms with Gasteiger partial charge in [-0.15, -0.1) is 0 Å². The smallest absolute Gasteiger partial charge is 0.254 e. The number of hydrogen-bond donors (Lipinski definition) is 1. The van der Waals surface area contributed by atoms with Gasteiger partial charge in [0.15, 0.2) is 0 Å². The zero-order chi connectivity index (χ0) is 14.0. The molecule has 1 aliphatic rings. The second-order valence-corrected chi connectivity index (χ2v) is 6.31. The zero-order valence-electron chi connectivity index (χ0n) is 12.1. The number of rotatable bonds is 1. The Morgan fingerprint density at radius 2 is 2.00 bits per heavy atom. The van der Waals surface area contributed by atoms with Gasteiger partial charge in [-0.1, -0.05) is 13.8 Å². The van der Waals surface area contributed by atoms with Gasteiger partial charge in [-0.3, -0.25) is 4.79 Å². The minimum atomic E-state index is 0.0928. The van der Waals surface area contributed by atoms with E-state index in [-0.39, 0.29) is 11.7 Å². The van der Waals surface area contributed by atoms with Crippen molar-refractivity contribution < 1.29 is 9.90 Å². The lowest BCUT2D eigenvalue weighted by Crippen LogP contribution is -2.32. The fourth-order valence-corrected chi connectivity index (χ4v) is 2.68. The van der Waals surface area contributed by atoms with Gasteiger partial charge in [0.25, 0.3) is 5.91 Å². The summed E-state index contributed by atoms with van der Waals surface area (Å²) in [5.41, 5.74) is 1.88. The molecule has 1 N–H and O–H groups in total. The standard InChI is InChI=1S/C16H23NO2/c1-12-11-13(18)5-6-14(12)15(19)17-9-4-7-16(2,3)8-10-17/h5-6,11,18H,4,7-10H2,1-3H3. The molecule has 1 fully saturated rings. The lowest BCUT2D eigenvalue weighted by atomic mass is 9.85. The number of phenols is 1. The second-order valence-electron chi connectivity index (χ2n) is 6.31. The van der Waals surface area contributed by atoms with Crippen LogP contribution in [0.1, 0.15) is 49.0 Å². The molecule has 0 unspecified atom stereocenters. The summed E-state index contributed by atoms with van der Waals surface area (Å²) in [5, 5.41) is 9.42. The molecule has 19 heavy (non-hydrogen) atoms. The van der Waals surface area contributed by atoms with Gasteiger partial charge in [0.1, 0.15) is 5.75 Å². The van der Waals surface area contributed by atoms with Gasteiger partial charge < -0.3 is 10.0 Å². The van der Waals surface area contributed by atoms with Crippen LogP contribution in [0, 0.1) is 12.3 Å².